The average Bonchev–Trinajstić information content (AvgIpc) is 2.90. The van der Waals surface area contributed by atoms with Crippen molar-refractivity contribution in [3.63, 3.8) is 0 Å². The fourth-order valence-corrected chi connectivity index (χ4v) is 3.20. The Morgan fingerprint density at radius 2 is 1.90 bits per heavy atom. The van der Waals surface area contributed by atoms with E-state index in [0.29, 0.717) is 19.1 Å². The zero-order valence-corrected chi connectivity index (χ0v) is 11.2. The van der Waals surface area contributed by atoms with Gasteiger partial charge in [0.2, 0.25) is 0 Å². The van der Waals surface area contributed by atoms with Gasteiger partial charge in [-0.05, 0) is 36.1 Å². The Labute approximate surface area is 118 Å². The molecule has 1 saturated heterocycles. The zero-order valence-electron chi connectivity index (χ0n) is 11.2. The summed E-state index contributed by atoms with van der Waals surface area (Å²) >= 11 is 0. The lowest BCUT2D eigenvalue weighted by atomic mass is 10.1. The minimum absolute atomic E-state index is 0.454. The molecule has 1 atom stereocenters. The average molecular weight is 271 g/mol. The van der Waals surface area contributed by atoms with Crippen molar-refractivity contribution in [2.75, 3.05) is 26.2 Å². The van der Waals surface area contributed by atoms with Crippen LogP contribution in [-0.4, -0.2) is 53.2 Å². The number of nitrogens with zero attached hydrogens (tertiary/aromatic N) is 3. The van der Waals surface area contributed by atoms with Gasteiger partial charge in [0.1, 0.15) is 0 Å². The fourth-order valence-electron chi connectivity index (χ4n) is 3.20. The van der Waals surface area contributed by atoms with E-state index >= 15 is 0 Å². The van der Waals surface area contributed by atoms with E-state index in [0.717, 1.165) is 31.5 Å². The third kappa shape index (κ3) is 2.35. The quantitative estimate of drug-likeness (QED) is 0.836. The van der Waals surface area contributed by atoms with E-state index in [9.17, 15) is 4.79 Å². The highest BCUT2D eigenvalue weighted by molar-refractivity contribution is 5.65. The Morgan fingerprint density at radius 3 is 2.55 bits per heavy atom. The number of amides is 1. The molecule has 5 heteroatoms. The van der Waals surface area contributed by atoms with Gasteiger partial charge in [0, 0.05) is 32.2 Å². The molecule has 1 heterocycles. The van der Waals surface area contributed by atoms with Gasteiger partial charge in [0.05, 0.1) is 11.6 Å². The van der Waals surface area contributed by atoms with Crippen LogP contribution in [0.5, 0.6) is 0 Å². The summed E-state index contributed by atoms with van der Waals surface area (Å²) < 4.78 is 0. The van der Waals surface area contributed by atoms with Crippen LogP contribution in [0.1, 0.15) is 16.7 Å². The molecule has 20 heavy (non-hydrogen) atoms. The number of nitriles is 1. The largest absolute Gasteiger partial charge is 0.465 e. The highest BCUT2D eigenvalue weighted by atomic mass is 16.4. The maximum atomic E-state index is 10.9. The van der Waals surface area contributed by atoms with E-state index in [1.807, 2.05) is 12.1 Å². The molecule has 2 aliphatic rings. The van der Waals surface area contributed by atoms with E-state index in [1.54, 1.807) is 0 Å². The number of hydrogen-bond donors (Lipinski definition) is 1. The van der Waals surface area contributed by atoms with Crippen molar-refractivity contribution in [3.8, 4) is 6.07 Å². The summed E-state index contributed by atoms with van der Waals surface area (Å²) in [6.07, 6.45) is 1.16. The van der Waals surface area contributed by atoms with Gasteiger partial charge in [-0.25, -0.2) is 4.79 Å². The predicted octanol–water partition coefficient (Wildman–Crippen LogP) is 1.32. The van der Waals surface area contributed by atoms with Crippen LogP contribution in [-0.2, 0) is 12.8 Å². The highest BCUT2D eigenvalue weighted by Gasteiger charge is 2.30. The Kier molecular flexibility index (Phi) is 3.33. The summed E-state index contributed by atoms with van der Waals surface area (Å²) in [6.45, 7) is 2.78. The second kappa shape index (κ2) is 5.14. The van der Waals surface area contributed by atoms with Crippen LogP contribution in [0.25, 0.3) is 0 Å². The minimum atomic E-state index is -0.821. The van der Waals surface area contributed by atoms with E-state index < -0.39 is 6.09 Å². The molecular weight excluding hydrogens is 254 g/mol. The molecule has 1 unspecified atom stereocenters. The molecule has 1 aliphatic carbocycles. The van der Waals surface area contributed by atoms with Crippen LogP contribution in [0.3, 0.4) is 0 Å². The molecule has 3 rings (SSSR count). The lowest BCUT2D eigenvalue weighted by Gasteiger charge is -2.36. The van der Waals surface area contributed by atoms with Crippen molar-refractivity contribution < 1.29 is 9.90 Å². The first-order chi connectivity index (χ1) is 9.67. The van der Waals surface area contributed by atoms with Crippen molar-refractivity contribution in [1.82, 2.24) is 9.80 Å². The van der Waals surface area contributed by atoms with Gasteiger partial charge in [-0.1, -0.05) is 6.07 Å². The van der Waals surface area contributed by atoms with E-state index in [2.05, 4.69) is 17.0 Å². The molecular formula is C15H17N3O2. The second-order valence-electron chi connectivity index (χ2n) is 5.46. The Morgan fingerprint density at radius 1 is 1.20 bits per heavy atom. The summed E-state index contributed by atoms with van der Waals surface area (Å²) in [5, 5.41) is 17.9. The van der Waals surface area contributed by atoms with Gasteiger partial charge >= 0.3 is 6.09 Å². The smallest absolute Gasteiger partial charge is 0.407 e. The van der Waals surface area contributed by atoms with Gasteiger partial charge in [0.15, 0.2) is 0 Å². The van der Waals surface area contributed by atoms with E-state index in [-0.39, 0.29) is 0 Å². The van der Waals surface area contributed by atoms with Gasteiger partial charge in [-0.15, -0.1) is 0 Å². The summed E-state index contributed by atoms with van der Waals surface area (Å²) in [5.41, 5.74) is 3.32. The summed E-state index contributed by atoms with van der Waals surface area (Å²) in [7, 11) is 0. The molecule has 0 bridgehead atoms. The van der Waals surface area contributed by atoms with E-state index in [4.69, 9.17) is 10.4 Å². The summed E-state index contributed by atoms with van der Waals surface area (Å²) in [6, 6.07) is 8.56. The SMILES string of the molecule is N#Cc1ccc2c(c1)CC(N1CCN(C(=O)O)CC1)C2. The standard InChI is InChI=1S/C15H17N3O2/c16-10-11-1-2-12-8-14(9-13(12)7-11)17-3-5-18(6-4-17)15(19)20/h1-2,7,14H,3-6,8-9H2,(H,19,20). The lowest BCUT2D eigenvalue weighted by molar-refractivity contribution is 0.0870. The minimum Gasteiger partial charge on any atom is -0.465 e. The topological polar surface area (TPSA) is 67.6 Å². The molecule has 0 radical (unpaired) electrons. The molecule has 0 saturated carbocycles. The number of carbonyl (C=O) groups is 1. The maximum Gasteiger partial charge on any atom is 0.407 e. The van der Waals surface area contributed by atoms with Crippen molar-refractivity contribution in [3.05, 3.63) is 34.9 Å². The molecule has 1 aromatic carbocycles. The molecule has 0 spiro atoms. The van der Waals surface area contributed by atoms with E-state index in [1.165, 1.54) is 16.0 Å². The third-order valence-corrected chi connectivity index (χ3v) is 4.35. The number of carboxylic acid groups (broad SMARTS) is 1. The van der Waals surface area contributed by atoms with Crippen LogP contribution < -0.4 is 0 Å². The number of fused-ring (bicyclic) bond motifs is 1. The monoisotopic (exact) mass is 271 g/mol. The van der Waals surface area contributed by atoms with Gasteiger partial charge < -0.3 is 10.0 Å². The number of rotatable bonds is 1. The zero-order chi connectivity index (χ0) is 14.1. The molecule has 1 fully saturated rings. The van der Waals surface area contributed by atoms with Crippen LogP contribution in [0.4, 0.5) is 4.79 Å². The second-order valence-corrected chi connectivity index (χ2v) is 5.46. The van der Waals surface area contributed by atoms with Crippen molar-refractivity contribution in [2.24, 2.45) is 0 Å². The van der Waals surface area contributed by atoms with Crippen molar-refractivity contribution >= 4 is 6.09 Å². The molecule has 0 aromatic heterocycles. The fraction of sp³-hybridized carbons (Fsp3) is 0.467. The Hall–Kier alpha value is -2.06. The first-order valence-corrected chi connectivity index (χ1v) is 6.91. The molecule has 1 aliphatic heterocycles. The van der Waals surface area contributed by atoms with Gasteiger partial charge in [-0.3, -0.25) is 4.90 Å². The number of piperazine rings is 1. The molecule has 1 aromatic rings. The highest BCUT2D eigenvalue weighted by Crippen LogP contribution is 2.27. The van der Waals surface area contributed by atoms with Crippen LogP contribution in [0, 0.1) is 11.3 Å². The van der Waals surface area contributed by atoms with Crippen molar-refractivity contribution in [2.45, 2.75) is 18.9 Å². The third-order valence-electron chi connectivity index (χ3n) is 4.35. The summed E-state index contributed by atoms with van der Waals surface area (Å²) in [4.78, 5) is 14.8. The number of benzene rings is 1. The molecule has 5 nitrogen and oxygen atoms in total. The lowest BCUT2D eigenvalue weighted by Crippen LogP contribution is -2.51. The maximum absolute atomic E-state index is 10.9. The molecule has 1 amide bonds. The van der Waals surface area contributed by atoms with Gasteiger partial charge in [-0.2, -0.15) is 5.26 Å². The Balaban J connectivity index is 1.65. The van der Waals surface area contributed by atoms with Crippen LogP contribution >= 0.6 is 0 Å². The number of hydrogen-bond acceptors (Lipinski definition) is 3. The van der Waals surface area contributed by atoms with Crippen LogP contribution in [0.2, 0.25) is 0 Å². The predicted molar refractivity (Wildman–Crippen MR) is 73.5 cm³/mol. The Bertz CT molecular complexity index is 571. The van der Waals surface area contributed by atoms with Crippen molar-refractivity contribution in [1.29, 1.82) is 5.26 Å². The van der Waals surface area contributed by atoms with Crippen LogP contribution in [0.15, 0.2) is 18.2 Å². The first-order valence-electron chi connectivity index (χ1n) is 6.91. The van der Waals surface area contributed by atoms with Gasteiger partial charge in [0.25, 0.3) is 0 Å². The first kappa shape index (κ1) is 12.9. The molecule has 1 N–H and O–H groups in total. The summed E-state index contributed by atoms with van der Waals surface area (Å²) in [5.74, 6) is 0. The normalized spacial score (nSPS) is 22.4. The molecule has 104 valence electrons.